The first kappa shape index (κ1) is 20.1. The predicted octanol–water partition coefficient (Wildman–Crippen LogP) is 4.74. The van der Waals surface area contributed by atoms with Crippen molar-refractivity contribution in [1.29, 1.82) is 0 Å². The summed E-state index contributed by atoms with van der Waals surface area (Å²) in [5, 5.41) is 5.38. The largest absolute Gasteiger partial charge is 0.467 e. The fraction of sp³-hybridized carbons (Fsp3) is 0.136. The lowest BCUT2D eigenvalue weighted by Gasteiger charge is -2.17. The average Bonchev–Trinajstić information content (AvgIpc) is 3.24. The van der Waals surface area contributed by atoms with E-state index in [1.165, 1.54) is 18.4 Å². The van der Waals surface area contributed by atoms with Crippen molar-refractivity contribution >= 4 is 6.03 Å². The zero-order chi connectivity index (χ0) is 20.7. The second-order valence-corrected chi connectivity index (χ2v) is 6.07. The molecule has 0 bridgehead atoms. The summed E-state index contributed by atoms with van der Waals surface area (Å²) < 4.78 is 43.6. The number of hydrogen-bond donors (Lipinski definition) is 2. The van der Waals surface area contributed by atoms with Crippen LogP contribution in [0.5, 0.6) is 0 Å². The van der Waals surface area contributed by atoms with Gasteiger partial charge in [0.2, 0.25) is 0 Å². The van der Waals surface area contributed by atoms with Crippen molar-refractivity contribution in [2.75, 3.05) is 6.54 Å². The fourth-order valence-electron chi connectivity index (χ4n) is 2.65. The van der Waals surface area contributed by atoms with E-state index in [0.29, 0.717) is 5.76 Å². The first-order valence-electron chi connectivity index (χ1n) is 8.72. The molecule has 1 aromatic heterocycles. The number of alkyl halides is 3. The highest BCUT2D eigenvalue weighted by Gasteiger charge is 2.30. The highest BCUT2D eigenvalue weighted by Crippen LogP contribution is 2.29. The molecule has 1 heterocycles. The Hall–Kier alpha value is -3.66. The van der Waals surface area contributed by atoms with Crippen molar-refractivity contribution in [2.45, 2.75) is 12.2 Å². The van der Waals surface area contributed by atoms with E-state index in [4.69, 9.17) is 4.42 Å². The Morgan fingerprint density at radius 1 is 1.03 bits per heavy atom. The number of furan rings is 1. The molecule has 0 aliphatic carbocycles. The standard InChI is InChI=1S/C22H17F3N2O2/c23-22(24,25)18-11-4-7-16(15-18)8-5-13-26-21(28)27-20(19-12-6-14-29-19)17-9-2-1-3-10-17/h1-4,6-7,9-12,14-15,20H,13H2,(H2,26,27,28). The van der Waals surface area contributed by atoms with Crippen LogP contribution in [0.2, 0.25) is 0 Å². The Morgan fingerprint density at radius 3 is 2.52 bits per heavy atom. The van der Waals surface area contributed by atoms with E-state index in [1.54, 1.807) is 12.1 Å². The molecule has 0 radical (unpaired) electrons. The van der Waals surface area contributed by atoms with Crippen LogP contribution in [0.25, 0.3) is 0 Å². The molecule has 1 unspecified atom stereocenters. The Kier molecular flexibility index (Phi) is 6.25. The summed E-state index contributed by atoms with van der Waals surface area (Å²) in [5.74, 6) is 5.83. The number of carbonyl (C=O) groups excluding carboxylic acids is 1. The van der Waals surface area contributed by atoms with Gasteiger partial charge in [0.1, 0.15) is 11.8 Å². The lowest BCUT2D eigenvalue weighted by atomic mass is 10.1. The second-order valence-electron chi connectivity index (χ2n) is 6.07. The topological polar surface area (TPSA) is 54.3 Å². The van der Waals surface area contributed by atoms with Crippen molar-refractivity contribution < 1.29 is 22.4 Å². The van der Waals surface area contributed by atoms with E-state index in [1.807, 2.05) is 30.3 Å². The molecule has 0 spiro atoms. The number of hydrogen-bond acceptors (Lipinski definition) is 2. The maximum atomic E-state index is 12.7. The number of nitrogens with one attached hydrogen (secondary N) is 2. The number of urea groups is 1. The zero-order valence-corrected chi connectivity index (χ0v) is 15.2. The van der Waals surface area contributed by atoms with E-state index in [-0.39, 0.29) is 12.1 Å². The quantitative estimate of drug-likeness (QED) is 0.624. The van der Waals surface area contributed by atoms with Gasteiger partial charge in [-0.25, -0.2) is 4.79 Å². The summed E-state index contributed by atoms with van der Waals surface area (Å²) in [5.41, 5.74) is 0.298. The Morgan fingerprint density at radius 2 is 1.83 bits per heavy atom. The van der Waals surface area contributed by atoms with Gasteiger partial charge in [0.15, 0.2) is 0 Å². The third kappa shape index (κ3) is 5.66. The van der Waals surface area contributed by atoms with Crippen molar-refractivity contribution in [3.05, 3.63) is 95.4 Å². The van der Waals surface area contributed by atoms with Gasteiger partial charge in [0, 0.05) is 5.56 Å². The molecule has 0 saturated carbocycles. The minimum atomic E-state index is -4.42. The first-order chi connectivity index (χ1) is 13.9. The number of halogens is 3. The molecular weight excluding hydrogens is 381 g/mol. The number of rotatable bonds is 4. The highest BCUT2D eigenvalue weighted by molar-refractivity contribution is 5.75. The summed E-state index contributed by atoms with van der Waals surface area (Å²) in [7, 11) is 0. The summed E-state index contributed by atoms with van der Waals surface area (Å²) in [4.78, 5) is 12.2. The van der Waals surface area contributed by atoms with E-state index in [9.17, 15) is 18.0 Å². The molecule has 7 heteroatoms. The first-order valence-corrected chi connectivity index (χ1v) is 8.72. The van der Waals surface area contributed by atoms with Gasteiger partial charge in [-0.1, -0.05) is 48.2 Å². The lowest BCUT2D eigenvalue weighted by molar-refractivity contribution is -0.137. The van der Waals surface area contributed by atoms with Gasteiger partial charge < -0.3 is 15.1 Å². The zero-order valence-electron chi connectivity index (χ0n) is 15.2. The normalized spacial score (nSPS) is 11.8. The Balaban J connectivity index is 1.61. The summed E-state index contributed by atoms with van der Waals surface area (Å²) in [6.45, 7) is -0.0260. The molecule has 0 fully saturated rings. The van der Waals surface area contributed by atoms with Crippen LogP contribution < -0.4 is 10.6 Å². The molecule has 4 nitrogen and oxygen atoms in total. The molecule has 29 heavy (non-hydrogen) atoms. The van der Waals surface area contributed by atoms with E-state index in [2.05, 4.69) is 22.5 Å². The van der Waals surface area contributed by atoms with Crippen LogP contribution >= 0.6 is 0 Å². The van der Waals surface area contributed by atoms with Crippen LogP contribution in [0.1, 0.15) is 28.5 Å². The molecule has 2 amide bonds. The lowest BCUT2D eigenvalue weighted by Crippen LogP contribution is -2.38. The minimum absolute atomic E-state index is 0.0260. The van der Waals surface area contributed by atoms with E-state index >= 15 is 0 Å². The average molecular weight is 398 g/mol. The Labute approximate surface area is 165 Å². The van der Waals surface area contributed by atoms with E-state index in [0.717, 1.165) is 17.7 Å². The molecule has 148 valence electrons. The maximum absolute atomic E-state index is 12.7. The molecule has 0 saturated heterocycles. The van der Waals surface area contributed by atoms with Gasteiger partial charge in [-0.05, 0) is 35.9 Å². The molecular formula is C22H17F3N2O2. The fourth-order valence-corrected chi connectivity index (χ4v) is 2.65. The number of carbonyl (C=O) groups is 1. The predicted molar refractivity (Wildman–Crippen MR) is 102 cm³/mol. The van der Waals surface area contributed by atoms with Crippen molar-refractivity contribution in [1.82, 2.24) is 10.6 Å². The third-order valence-corrected chi connectivity index (χ3v) is 4.00. The summed E-state index contributed by atoms with van der Waals surface area (Å²) in [6, 6.07) is 16.5. The van der Waals surface area contributed by atoms with Crippen LogP contribution in [0, 0.1) is 11.8 Å². The number of amides is 2. The summed E-state index contributed by atoms with van der Waals surface area (Å²) in [6.07, 6.45) is -2.90. The van der Waals surface area contributed by atoms with Crippen LogP contribution in [0.3, 0.4) is 0 Å². The van der Waals surface area contributed by atoms with Crippen molar-refractivity contribution in [3.8, 4) is 11.8 Å². The van der Waals surface area contributed by atoms with Gasteiger partial charge in [0.25, 0.3) is 0 Å². The second kappa shape index (κ2) is 9.02. The Bertz CT molecular complexity index is 1000. The van der Waals surface area contributed by atoms with Crippen LogP contribution in [-0.2, 0) is 6.18 Å². The SMILES string of the molecule is O=C(NCC#Cc1cccc(C(F)(F)F)c1)NC(c1ccccc1)c1ccco1. The molecule has 0 aliphatic rings. The molecule has 0 aliphatic heterocycles. The van der Waals surface area contributed by atoms with Gasteiger partial charge in [-0.3, -0.25) is 0 Å². The minimum Gasteiger partial charge on any atom is -0.467 e. The highest BCUT2D eigenvalue weighted by atomic mass is 19.4. The monoisotopic (exact) mass is 398 g/mol. The van der Waals surface area contributed by atoms with Gasteiger partial charge in [-0.15, -0.1) is 0 Å². The van der Waals surface area contributed by atoms with Gasteiger partial charge in [0.05, 0.1) is 18.4 Å². The molecule has 1 atom stereocenters. The molecule has 2 aromatic carbocycles. The van der Waals surface area contributed by atoms with Crippen LogP contribution in [-0.4, -0.2) is 12.6 Å². The van der Waals surface area contributed by atoms with Crippen molar-refractivity contribution in [3.63, 3.8) is 0 Å². The van der Waals surface area contributed by atoms with Crippen molar-refractivity contribution in [2.24, 2.45) is 0 Å². The molecule has 3 aromatic rings. The third-order valence-electron chi connectivity index (χ3n) is 4.00. The van der Waals surface area contributed by atoms with E-state index < -0.39 is 23.8 Å². The molecule has 2 N–H and O–H groups in total. The summed E-state index contributed by atoms with van der Waals surface area (Å²) >= 11 is 0. The number of benzene rings is 2. The van der Waals surface area contributed by atoms with Gasteiger partial charge >= 0.3 is 12.2 Å². The maximum Gasteiger partial charge on any atom is 0.416 e. The molecule has 3 rings (SSSR count). The van der Waals surface area contributed by atoms with Crippen LogP contribution in [0.4, 0.5) is 18.0 Å². The van der Waals surface area contributed by atoms with Gasteiger partial charge in [-0.2, -0.15) is 13.2 Å². The smallest absolute Gasteiger partial charge is 0.416 e. The van der Waals surface area contributed by atoms with Crippen LogP contribution in [0.15, 0.2) is 77.4 Å².